The van der Waals surface area contributed by atoms with Crippen LogP contribution in [0.25, 0.3) is 0 Å². The van der Waals surface area contributed by atoms with Crippen LogP contribution in [0.4, 0.5) is 0 Å². The average molecular weight is 278 g/mol. The number of nitrogens with two attached hydrogens (primary N) is 1. The van der Waals surface area contributed by atoms with Gasteiger partial charge in [0.15, 0.2) is 0 Å². The monoisotopic (exact) mass is 278 g/mol. The first kappa shape index (κ1) is 18.0. The van der Waals surface area contributed by atoms with Crippen molar-refractivity contribution in [1.82, 2.24) is 4.31 Å². The van der Waals surface area contributed by atoms with Gasteiger partial charge in [0.2, 0.25) is 11.3 Å². The summed E-state index contributed by atoms with van der Waals surface area (Å²) < 4.78 is 19.5. The molecule has 1 fully saturated rings. The van der Waals surface area contributed by atoms with Crippen LogP contribution < -0.4 is 5.73 Å². The molecule has 1 aliphatic heterocycles. The van der Waals surface area contributed by atoms with Crippen LogP contribution in [-0.2, 0) is 15.4 Å². The summed E-state index contributed by atoms with van der Waals surface area (Å²) in [5.41, 5.74) is 4.90. The van der Waals surface area contributed by atoms with Crippen molar-refractivity contribution >= 4 is 11.3 Å². The third-order valence-electron chi connectivity index (χ3n) is 3.36. The third kappa shape index (κ3) is 5.34. The Morgan fingerprint density at radius 3 is 1.89 bits per heavy atom. The molecule has 0 aliphatic carbocycles. The fourth-order valence-electron chi connectivity index (χ4n) is 1.35. The van der Waals surface area contributed by atoms with Crippen LogP contribution in [-0.4, -0.2) is 32.7 Å². The zero-order valence-corrected chi connectivity index (χ0v) is 13.6. The lowest BCUT2D eigenvalue weighted by molar-refractivity contribution is 0.0466. The lowest BCUT2D eigenvalue weighted by atomic mass is 9.87. The second kappa shape index (κ2) is 7.58. The molecule has 0 aromatic heterocycles. The normalized spacial score (nSPS) is 19.9. The van der Waals surface area contributed by atoms with E-state index in [2.05, 4.69) is 0 Å². The Bertz CT molecular complexity index is 256. The van der Waals surface area contributed by atoms with Crippen molar-refractivity contribution in [2.45, 2.75) is 71.9 Å². The SMILES string of the molecule is CC.CC(C)(N)C(C)(C)OS(=O)N1CCCCC1. The van der Waals surface area contributed by atoms with E-state index in [0.717, 1.165) is 25.9 Å². The summed E-state index contributed by atoms with van der Waals surface area (Å²) in [6.45, 7) is 13.3. The largest absolute Gasteiger partial charge is 0.323 e. The lowest BCUT2D eigenvalue weighted by Gasteiger charge is -2.38. The summed E-state index contributed by atoms with van der Waals surface area (Å²) >= 11 is -1.37. The molecule has 0 aromatic rings. The van der Waals surface area contributed by atoms with E-state index in [1.165, 1.54) is 6.42 Å². The quantitative estimate of drug-likeness (QED) is 0.860. The maximum atomic E-state index is 12.0. The minimum atomic E-state index is -1.37. The van der Waals surface area contributed by atoms with E-state index in [1.54, 1.807) is 0 Å². The van der Waals surface area contributed by atoms with E-state index >= 15 is 0 Å². The first-order valence-corrected chi connectivity index (χ1v) is 7.92. The molecule has 1 unspecified atom stereocenters. The van der Waals surface area contributed by atoms with Crippen LogP contribution >= 0.6 is 0 Å². The minimum absolute atomic E-state index is 0.515. The standard InChI is InChI=1S/C11H24N2O2S.C2H6/c1-10(2,12)11(3,4)15-16(14)13-8-6-5-7-9-13;1-2/h5-9,12H2,1-4H3;1-2H3. The first-order valence-electron chi connectivity index (χ1n) is 6.89. The highest BCUT2D eigenvalue weighted by atomic mass is 32.2. The lowest BCUT2D eigenvalue weighted by Crippen LogP contribution is -2.55. The van der Waals surface area contributed by atoms with E-state index in [1.807, 2.05) is 45.8 Å². The molecular weight excluding hydrogens is 248 g/mol. The van der Waals surface area contributed by atoms with Gasteiger partial charge in [0, 0.05) is 18.6 Å². The zero-order valence-electron chi connectivity index (χ0n) is 12.8. The van der Waals surface area contributed by atoms with Crippen molar-refractivity contribution in [2.24, 2.45) is 5.73 Å². The summed E-state index contributed by atoms with van der Waals surface area (Å²) in [5.74, 6) is 0. The summed E-state index contributed by atoms with van der Waals surface area (Å²) in [6.07, 6.45) is 3.42. The summed E-state index contributed by atoms with van der Waals surface area (Å²) in [5, 5.41) is 0. The van der Waals surface area contributed by atoms with Gasteiger partial charge in [0.25, 0.3) is 0 Å². The molecule has 1 heterocycles. The van der Waals surface area contributed by atoms with Crippen LogP contribution in [0.5, 0.6) is 0 Å². The number of rotatable bonds is 4. The van der Waals surface area contributed by atoms with Gasteiger partial charge in [-0.05, 0) is 40.5 Å². The van der Waals surface area contributed by atoms with Gasteiger partial charge in [-0.15, -0.1) is 0 Å². The van der Waals surface area contributed by atoms with Gasteiger partial charge < -0.3 is 5.73 Å². The van der Waals surface area contributed by atoms with E-state index in [0.29, 0.717) is 0 Å². The summed E-state index contributed by atoms with van der Waals surface area (Å²) in [4.78, 5) is 0. The van der Waals surface area contributed by atoms with Gasteiger partial charge in [-0.2, -0.15) is 0 Å². The smallest absolute Gasteiger partial charge is 0.237 e. The van der Waals surface area contributed by atoms with Crippen LogP contribution in [0.3, 0.4) is 0 Å². The van der Waals surface area contributed by atoms with Gasteiger partial charge in [-0.1, -0.05) is 20.3 Å². The summed E-state index contributed by atoms with van der Waals surface area (Å²) in [7, 11) is 0. The fourth-order valence-corrected chi connectivity index (χ4v) is 2.59. The fraction of sp³-hybridized carbons (Fsp3) is 1.00. The van der Waals surface area contributed by atoms with Crippen molar-refractivity contribution in [3.8, 4) is 0 Å². The molecule has 0 saturated carbocycles. The van der Waals surface area contributed by atoms with Gasteiger partial charge in [-0.25, -0.2) is 8.51 Å². The Kier molecular flexibility index (Phi) is 7.59. The minimum Gasteiger partial charge on any atom is -0.323 e. The van der Waals surface area contributed by atoms with Crippen LogP contribution in [0, 0.1) is 0 Å². The summed E-state index contributed by atoms with van der Waals surface area (Å²) in [6, 6.07) is 0. The van der Waals surface area contributed by atoms with Crippen molar-refractivity contribution in [1.29, 1.82) is 0 Å². The molecule has 0 amide bonds. The molecule has 0 aromatic carbocycles. The molecular formula is C13H30N2O2S. The van der Waals surface area contributed by atoms with Crippen LogP contribution in [0.15, 0.2) is 0 Å². The molecule has 4 nitrogen and oxygen atoms in total. The van der Waals surface area contributed by atoms with Crippen molar-refractivity contribution in [3.63, 3.8) is 0 Å². The predicted octanol–water partition coefficient (Wildman–Crippen LogP) is 2.61. The highest BCUT2D eigenvalue weighted by Gasteiger charge is 2.38. The van der Waals surface area contributed by atoms with Crippen molar-refractivity contribution in [3.05, 3.63) is 0 Å². The first-order chi connectivity index (χ1) is 8.24. The molecule has 1 aliphatic rings. The van der Waals surface area contributed by atoms with Crippen molar-refractivity contribution < 1.29 is 8.39 Å². The second-order valence-electron chi connectivity index (χ2n) is 5.52. The second-order valence-corrected chi connectivity index (χ2v) is 6.64. The van der Waals surface area contributed by atoms with E-state index in [9.17, 15) is 4.21 Å². The third-order valence-corrected chi connectivity index (χ3v) is 4.70. The predicted molar refractivity (Wildman–Crippen MR) is 78.3 cm³/mol. The topological polar surface area (TPSA) is 55.6 Å². The highest BCUT2D eigenvalue weighted by Crippen LogP contribution is 2.25. The molecule has 0 bridgehead atoms. The molecule has 110 valence electrons. The maximum Gasteiger partial charge on any atom is 0.237 e. The molecule has 0 spiro atoms. The van der Waals surface area contributed by atoms with Crippen LogP contribution in [0.2, 0.25) is 0 Å². The molecule has 2 N–H and O–H groups in total. The number of piperidine rings is 1. The van der Waals surface area contributed by atoms with E-state index in [4.69, 9.17) is 9.92 Å². The number of hydrogen-bond acceptors (Lipinski definition) is 3. The van der Waals surface area contributed by atoms with Gasteiger partial charge in [0.1, 0.15) is 0 Å². The molecule has 1 atom stereocenters. The van der Waals surface area contributed by atoms with Crippen LogP contribution in [0.1, 0.15) is 60.8 Å². The van der Waals surface area contributed by atoms with Gasteiger partial charge >= 0.3 is 0 Å². The Morgan fingerprint density at radius 1 is 1.06 bits per heavy atom. The molecule has 1 rings (SSSR count). The Balaban J connectivity index is 0.00000137. The Labute approximate surface area is 115 Å². The maximum absolute atomic E-state index is 12.0. The van der Waals surface area contributed by atoms with Gasteiger partial charge in [-0.3, -0.25) is 4.18 Å². The molecule has 5 heteroatoms. The van der Waals surface area contributed by atoms with E-state index in [-0.39, 0.29) is 0 Å². The number of hydrogen-bond donors (Lipinski definition) is 1. The Morgan fingerprint density at radius 2 is 1.50 bits per heavy atom. The number of nitrogens with zero attached hydrogens (tertiary/aromatic N) is 1. The highest BCUT2D eigenvalue weighted by molar-refractivity contribution is 7.77. The molecule has 0 radical (unpaired) electrons. The van der Waals surface area contributed by atoms with E-state index < -0.39 is 22.4 Å². The zero-order chi connectivity index (χ0) is 14.4. The molecule has 18 heavy (non-hydrogen) atoms. The van der Waals surface area contributed by atoms with Gasteiger partial charge in [0.05, 0.1) is 5.60 Å². The molecule has 1 saturated heterocycles. The Hall–Kier alpha value is 0.0300. The average Bonchev–Trinajstić information content (AvgIpc) is 2.31. The van der Waals surface area contributed by atoms with Crippen molar-refractivity contribution in [2.75, 3.05) is 13.1 Å².